The molecule has 1 heterocycles. The molecule has 0 atom stereocenters. The molecule has 8 heteroatoms. The molecule has 0 bridgehead atoms. The first-order valence-corrected chi connectivity index (χ1v) is 9.83. The molecular weight excluding hydrogens is 365 g/mol. The molecule has 0 aliphatic heterocycles. The highest BCUT2D eigenvalue weighted by Crippen LogP contribution is 2.19. The minimum Gasteiger partial charge on any atom is -0.488 e. The minimum atomic E-state index is -0.239. The molecule has 142 valence electrons. The number of hydrogen-bond acceptors (Lipinski definition) is 5. The first-order valence-electron chi connectivity index (χ1n) is 8.85. The van der Waals surface area contributed by atoms with Crippen LogP contribution in [0.15, 0.2) is 53.7 Å². The molecule has 0 saturated heterocycles. The Balaban J connectivity index is 1.42. The summed E-state index contributed by atoms with van der Waals surface area (Å²) in [5, 5.41) is 14.5. The third kappa shape index (κ3) is 5.77. The van der Waals surface area contributed by atoms with Crippen molar-refractivity contribution in [1.82, 2.24) is 20.2 Å². The van der Waals surface area contributed by atoms with E-state index in [1.165, 1.54) is 6.07 Å². The zero-order chi connectivity index (χ0) is 18.9. The molecule has 0 spiro atoms. The van der Waals surface area contributed by atoms with Gasteiger partial charge in [0.25, 0.3) is 0 Å². The van der Waals surface area contributed by atoms with Crippen LogP contribution in [0, 0.1) is 5.82 Å². The Labute approximate surface area is 162 Å². The average molecular weight is 388 g/mol. The number of quaternary nitrogens is 1. The van der Waals surface area contributed by atoms with Gasteiger partial charge in [-0.1, -0.05) is 42.1 Å². The predicted octanol–water partition coefficient (Wildman–Crippen LogP) is 2.17. The van der Waals surface area contributed by atoms with E-state index in [1.54, 1.807) is 28.6 Å². The van der Waals surface area contributed by atoms with Gasteiger partial charge in [0.1, 0.15) is 24.7 Å². The lowest BCUT2D eigenvalue weighted by molar-refractivity contribution is -0.670. The molecular formula is C19H23FN5OS+. The van der Waals surface area contributed by atoms with Gasteiger partial charge in [0.15, 0.2) is 0 Å². The second-order valence-electron chi connectivity index (χ2n) is 6.06. The maximum atomic E-state index is 13.7. The Kier molecular flexibility index (Phi) is 7.18. The number of ether oxygens (including phenoxy) is 1. The highest BCUT2D eigenvalue weighted by Gasteiger charge is 2.08. The summed E-state index contributed by atoms with van der Waals surface area (Å²) < 4.78 is 21.3. The average Bonchev–Trinajstić information content (AvgIpc) is 3.09. The fraction of sp³-hybridized carbons (Fsp3) is 0.316. The van der Waals surface area contributed by atoms with E-state index in [-0.39, 0.29) is 12.4 Å². The Morgan fingerprint density at radius 2 is 1.89 bits per heavy atom. The fourth-order valence-corrected chi connectivity index (χ4v) is 3.39. The molecule has 2 N–H and O–H groups in total. The quantitative estimate of drug-likeness (QED) is 0.426. The number of thioether (sulfide) groups is 1. The normalized spacial score (nSPS) is 10.9. The molecule has 0 saturated carbocycles. The van der Waals surface area contributed by atoms with Crippen molar-refractivity contribution in [2.45, 2.75) is 24.7 Å². The van der Waals surface area contributed by atoms with Crippen molar-refractivity contribution >= 4 is 11.8 Å². The van der Waals surface area contributed by atoms with Crippen LogP contribution in [-0.2, 0) is 20.2 Å². The molecule has 0 unspecified atom stereocenters. The van der Waals surface area contributed by atoms with Crippen molar-refractivity contribution in [1.29, 1.82) is 0 Å². The summed E-state index contributed by atoms with van der Waals surface area (Å²) in [4.78, 5) is 0. The standard InChI is InChI=1S/C19H22FN5OS/c1-25-19(22-23-24-25)27-12-6-11-21-13-15-7-3-5-10-18(15)26-14-16-8-2-4-9-17(16)20/h2-5,7-10,21H,6,11-14H2,1H3/p+1. The van der Waals surface area contributed by atoms with Crippen LogP contribution in [0.2, 0.25) is 0 Å². The number of nitrogens with zero attached hydrogens (tertiary/aromatic N) is 4. The molecule has 0 aliphatic carbocycles. The van der Waals surface area contributed by atoms with Gasteiger partial charge < -0.3 is 10.1 Å². The van der Waals surface area contributed by atoms with Gasteiger partial charge in [-0.3, -0.25) is 0 Å². The predicted molar refractivity (Wildman–Crippen MR) is 102 cm³/mol. The number of aryl methyl sites for hydroxylation is 1. The second kappa shape index (κ2) is 10.0. The summed E-state index contributed by atoms with van der Waals surface area (Å²) in [7, 11) is 1.84. The Morgan fingerprint density at radius 1 is 1.11 bits per heavy atom. The summed E-state index contributed by atoms with van der Waals surface area (Å²) >= 11 is 1.66. The lowest BCUT2D eigenvalue weighted by Gasteiger charge is -2.11. The molecule has 0 radical (unpaired) electrons. The summed E-state index contributed by atoms with van der Waals surface area (Å²) in [6.07, 6.45) is 1.05. The Hall–Kier alpha value is -2.45. The van der Waals surface area contributed by atoms with E-state index in [2.05, 4.69) is 20.8 Å². The first-order chi connectivity index (χ1) is 13.2. The van der Waals surface area contributed by atoms with Crippen LogP contribution < -0.4 is 10.1 Å². The summed E-state index contributed by atoms with van der Waals surface area (Å²) in [5.74, 6) is 1.53. The summed E-state index contributed by atoms with van der Waals surface area (Å²) in [6.45, 7) is 2.05. The van der Waals surface area contributed by atoms with Crippen LogP contribution in [0.3, 0.4) is 0 Å². The molecule has 2 aromatic carbocycles. The lowest BCUT2D eigenvalue weighted by atomic mass is 10.2. The van der Waals surface area contributed by atoms with Gasteiger partial charge in [0.05, 0.1) is 6.54 Å². The van der Waals surface area contributed by atoms with Crippen LogP contribution in [0.25, 0.3) is 0 Å². The van der Waals surface area contributed by atoms with E-state index >= 15 is 0 Å². The van der Waals surface area contributed by atoms with Crippen molar-refractivity contribution in [3.8, 4) is 5.75 Å². The number of aromatic nitrogens is 4. The monoisotopic (exact) mass is 388 g/mol. The van der Waals surface area contributed by atoms with E-state index in [0.29, 0.717) is 5.56 Å². The van der Waals surface area contributed by atoms with Gasteiger partial charge in [0.2, 0.25) is 5.16 Å². The maximum Gasteiger partial charge on any atom is 0.209 e. The minimum absolute atomic E-state index is 0.228. The number of para-hydroxylation sites is 1. The van der Waals surface area contributed by atoms with Gasteiger partial charge >= 0.3 is 0 Å². The molecule has 0 fully saturated rings. The van der Waals surface area contributed by atoms with Crippen molar-refractivity contribution < 1.29 is 14.4 Å². The number of hydrogen-bond donors (Lipinski definition) is 1. The van der Waals surface area contributed by atoms with Crippen molar-refractivity contribution in [2.24, 2.45) is 7.05 Å². The molecule has 27 heavy (non-hydrogen) atoms. The van der Waals surface area contributed by atoms with E-state index in [4.69, 9.17) is 4.74 Å². The van der Waals surface area contributed by atoms with Crippen LogP contribution in [0.1, 0.15) is 17.5 Å². The van der Waals surface area contributed by atoms with Gasteiger partial charge in [0, 0.05) is 30.3 Å². The largest absolute Gasteiger partial charge is 0.488 e. The van der Waals surface area contributed by atoms with Gasteiger partial charge in [-0.2, -0.15) is 0 Å². The molecule has 0 aliphatic rings. The lowest BCUT2D eigenvalue weighted by Crippen LogP contribution is -2.82. The zero-order valence-electron chi connectivity index (χ0n) is 15.2. The number of benzene rings is 2. The number of nitrogens with two attached hydrogens (primary N) is 1. The van der Waals surface area contributed by atoms with Gasteiger partial charge in [-0.25, -0.2) is 9.07 Å². The Morgan fingerprint density at radius 3 is 2.67 bits per heavy atom. The van der Waals surface area contributed by atoms with Crippen LogP contribution in [0.4, 0.5) is 4.39 Å². The Bertz CT molecular complexity index is 857. The molecule has 3 aromatic rings. The number of tetrazole rings is 1. The van der Waals surface area contributed by atoms with Crippen molar-refractivity contribution in [2.75, 3.05) is 12.3 Å². The van der Waals surface area contributed by atoms with Crippen LogP contribution >= 0.6 is 11.8 Å². The van der Waals surface area contributed by atoms with E-state index < -0.39 is 0 Å². The summed E-state index contributed by atoms with van der Waals surface area (Å²) in [6, 6.07) is 14.6. The molecule has 1 aromatic heterocycles. The van der Waals surface area contributed by atoms with E-state index in [1.807, 2.05) is 37.4 Å². The third-order valence-corrected chi connectivity index (χ3v) is 5.14. The fourth-order valence-electron chi connectivity index (χ4n) is 2.58. The SMILES string of the molecule is Cn1nnnc1SCCC[NH2+]Cc1ccccc1OCc1ccccc1F. The third-order valence-electron chi connectivity index (χ3n) is 4.04. The van der Waals surface area contributed by atoms with Gasteiger partial charge in [-0.05, 0) is 28.6 Å². The van der Waals surface area contributed by atoms with E-state index in [9.17, 15) is 4.39 Å². The highest BCUT2D eigenvalue weighted by atomic mass is 32.2. The first kappa shape index (κ1) is 19.3. The highest BCUT2D eigenvalue weighted by molar-refractivity contribution is 7.99. The van der Waals surface area contributed by atoms with Crippen LogP contribution in [0.5, 0.6) is 5.75 Å². The number of halogens is 1. The second-order valence-corrected chi connectivity index (χ2v) is 7.12. The van der Waals surface area contributed by atoms with E-state index in [0.717, 1.165) is 41.7 Å². The number of rotatable bonds is 10. The topological polar surface area (TPSA) is 69.4 Å². The van der Waals surface area contributed by atoms with Gasteiger partial charge in [-0.15, -0.1) is 5.10 Å². The van der Waals surface area contributed by atoms with Crippen molar-refractivity contribution in [3.05, 3.63) is 65.5 Å². The van der Waals surface area contributed by atoms with Crippen LogP contribution in [-0.4, -0.2) is 32.5 Å². The van der Waals surface area contributed by atoms with Crippen molar-refractivity contribution in [3.63, 3.8) is 0 Å². The smallest absolute Gasteiger partial charge is 0.209 e. The summed E-state index contributed by atoms with van der Waals surface area (Å²) in [5.41, 5.74) is 1.67. The molecule has 3 rings (SSSR count). The molecule has 0 amide bonds. The maximum absolute atomic E-state index is 13.7. The molecule has 6 nitrogen and oxygen atoms in total. The zero-order valence-corrected chi connectivity index (χ0v) is 16.0.